The Labute approximate surface area is 130 Å². The minimum absolute atomic E-state index is 0.00263. The quantitative estimate of drug-likeness (QED) is 0.665. The fourth-order valence-corrected chi connectivity index (χ4v) is 2.72. The van der Waals surface area contributed by atoms with Gasteiger partial charge in [0.05, 0.1) is 10.8 Å². The first kappa shape index (κ1) is 17.8. The van der Waals surface area contributed by atoms with E-state index in [1.807, 2.05) is 0 Å². The number of benzene rings is 1. The molecule has 1 rings (SSSR count). The van der Waals surface area contributed by atoms with Gasteiger partial charge in [-0.05, 0) is 18.6 Å². The molecule has 1 amide bonds. The SMILES string of the molecule is CC(=O)OCC(=O)N[C@H](CC[S@](=O)c1ccccc1)C(=O)O. The van der Waals surface area contributed by atoms with Gasteiger partial charge in [-0.3, -0.25) is 13.8 Å². The van der Waals surface area contributed by atoms with E-state index in [1.54, 1.807) is 30.3 Å². The topological polar surface area (TPSA) is 110 Å². The number of carbonyl (C=O) groups excluding carboxylic acids is 2. The number of hydrogen-bond acceptors (Lipinski definition) is 5. The summed E-state index contributed by atoms with van der Waals surface area (Å²) in [5, 5.41) is 11.3. The summed E-state index contributed by atoms with van der Waals surface area (Å²) >= 11 is 0. The first-order chi connectivity index (χ1) is 10.4. The van der Waals surface area contributed by atoms with Gasteiger partial charge in [-0.1, -0.05) is 18.2 Å². The summed E-state index contributed by atoms with van der Waals surface area (Å²) in [6, 6.07) is 7.45. The molecule has 0 aliphatic rings. The molecule has 0 saturated carbocycles. The molecule has 1 aromatic carbocycles. The first-order valence-corrected chi connectivity index (χ1v) is 7.81. The van der Waals surface area contributed by atoms with Gasteiger partial charge in [-0.25, -0.2) is 4.79 Å². The van der Waals surface area contributed by atoms with E-state index in [-0.39, 0.29) is 12.2 Å². The summed E-state index contributed by atoms with van der Waals surface area (Å²) in [4.78, 5) is 33.7. The number of carbonyl (C=O) groups is 3. The summed E-state index contributed by atoms with van der Waals surface area (Å²) in [6.45, 7) is 0.603. The van der Waals surface area contributed by atoms with Crippen molar-refractivity contribution in [2.24, 2.45) is 0 Å². The van der Waals surface area contributed by atoms with E-state index < -0.39 is 41.3 Å². The molecule has 0 bridgehead atoms. The van der Waals surface area contributed by atoms with Crippen LogP contribution >= 0.6 is 0 Å². The van der Waals surface area contributed by atoms with Gasteiger partial charge in [0.25, 0.3) is 5.91 Å². The highest BCUT2D eigenvalue weighted by Crippen LogP contribution is 2.08. The van der Waals surface area contributed by atoms with Crippen LogP contribution in [0.4, 0.5) is 0 Å². The number of hydrogen-bond donors (Lipinski definition) is 2. The summed E-state index contributed by atoms with van der Waals surface area (Å²) < 4.78 is 16.5. The van der Waals surface area contributed by atoms with E-state index in [1.165, 1.54) is 0 Å². The van der Waals surface area contributed by atoms with Crippen molar-refractivity contribution in [1.29, 1.82) is 0 Å². The minimum Gasteiger partial charge on any atom is -0.480 e. The second-order valence-corrected chi connectivity index (χ2v) is 5.96. The summed E-state index contributed by atoms with van der Waals surface area (Å²) in [5.74, 6) is -2.49. The van der Waals surface area contributed by atoms with E-state index >= 15 is 0 Å². The van der Waals surface area contributed by atoms with Crippen LogP contribution in [0.15, 0.2) is 35.2 Å². The van der Waals surface area contributed by atoms with Crippen LogP contribution in [-0.4, -0.2) is 45.6 Å². The number of ether oxygens (including phenoxy) is 1. The molecule has 0 radical (unpaired) electrons. The van der Waals surface area contributed by atoms with Crippen molar-refractivity contribution in [2.75, 3.05) is 12.4 Å². The Bertz CT molecular complexity index is 560. The molecule has 120 valence electrons. The van der Waals surface area contributed by atoms with Gasteiger partial charge in [0.1, 0.15) is 6.04 Å². The van der Waals surface area contributed by atoms with Gasteiger partial charge in [0.2, 0.25) is 0 Å². The Hall–Kier alpha value is -2.22. The molecular weight excluding hydrogens is 310 g/mol. The van der Waals surface area contributed by atoms with Crippen LogP contribution < -0.4 is 5.32 Å². The van der Waals surface area contributed by atoms with Crippen LogP contribution in [-0.2, 0) is 29.9 Å². The van der Waals surface area contributed by atoms with Gasteiger partial charge in [0.15, 0.2) is 6.61 Å². The van der Waals surface area contributed by atoms with Crippen LogP contribution in [0.3, 0.4) is 0 Å². The molecule has 2 atom stereocenters. The molecule has 0 aromatic heterocycles. The number of esters is 1. The normalized spacial score (nSPS) is 13.0. The highest BCUT2D eigenvalue weighted by Gasteiger charge is 2.21. The molecular formula is C14H17NO6S. The van der Waals surface area contributed by atoms with E-state index in [9.17, 15) is 18.6 Å². The van der Waals surface area contributed by atoms with E-state index in [0.717, 1.165) is 6.92 Å². The van der Waals surface area contributed by atoms with E-state index in [4.69, 9.17) is 5.11 Å². The molecule has 22 heavy (non-hydrogen) atoms. The molecule has 8 heteroatoms. The molecule has 0 heterocycles. The maximum absolute atomic E-state index is 12.0. The minimum atomic E-state index is -1.35. The third kappa shape index (κ3) is 6.49. The van der Waals surface area contributed by atoms with Crippen molar-refractivity contribution < 1.29 is 28.4 Å². The van der Waals surface area contributed by atoms with Crippen molar-refractivity contribution in [3.05, 3.63) is 30.3 Å². The van der Waals surface area contributed by atoms with Crippen LogP contribution in [0, 0.1) is 0 Å². The maximum atomic E-state index is 12.0. The second-order valence-electron chi connectivity index (χ2n) is 4.39. The lowest BCUT2D eigenvalue weighted by molar-refractivity contribution is -0.148. The summed E-state index contributed by atoms with van der Waals surface area (Å²) in [6.07, 6.45) is 0.00263. The van der Waals surface area contributed by atoms with Crippen molar-refractivity contribution >= 4 is 28.6 Å². The lowest BCUT2D eigenvalue weighted by atomic mass is 10.2. The molecule has 0 fully saturated rings. The zero-order valence-electron chi connectivity index (χ0n) is 12.0. The molecule has 0 unspecified atom stereocenters. The molecule has 0 spiro atoms. The van der Waals surface area contributed by atoms with Gasteiger partial charge in [0, 0.05) is 17.6 Å². The number of amides is 1. The zero-order chi connectivity index (χ0) is 16.5. The molecule has 0 aliphatic carbocycles. The van der Waals surface area contributed by atoms with Crippen LogP contribution in [0.1, 0.15) is 13.3 Å². The average Bonchev–Trinajstić information content (AvgIpc) is 2.49. The number of carboxylic acid groups (broad SMARTS) is 1. The fraction of sp³-hybridized carbons (Fsp3) is 0.357. The summed E-state index contributed by atoms with van der Waals surface area (Å²) in [5.41, 5.74) is 0. The third-order valence-corrected chi connectivity index (χ3v) is 4.04. The largest absolute Gasteiger partial charge is 0.480 e. The number of carboxylic acids is 1. The lowest BCUT2D eigenvalue weighted by Crippen LogP contribution is -2.43. The molecule has 7 nitrogen and oxygen atoms in total. The fourth-order valence-electron chi connectivity index (χ4n) is 1.58. The Morgan fingerprint density at radius 3 is 2.45 bits per heavy atom. The number of nitrogens with one attached hydrogen (secondary N) is 1. The van der Waals surface area contributed by atoms with E-state index in [2.05, 4.69) is 10.1 Å². The van der Waals surface area contributed by atoms with Crippen LogP contribution in [0.25, 0.3) is 0 Å². The maximum Gasteiger partial charge on any atom is 0.326 e. The highest BCUT2D eigenvalue weighted by atomic mass is 32.2. The van der Waals surface area contributed by atoms with Crippen molar-refractivity contribution in [1.82, 2.24) is 5.32 Å². The third-order valence-electron chi connectivity index (χ3n) is 2.64. The number of rotatable bonds is 8. The van der Waals surface area contributed by atoms with Crippen LogP contribution in [0.5, 0.6) is 0 Å². The molecule has 1 aromatic rings. The van der Waals surface area contributed by atoms with Gasteiger partial charge in [-0.15, -0.1) is 0 Å². The van der Waals surface area contributed by atoms with E-state index in [0.29, 0.717) is 4.90 Å². The Kier molecular flexibility index (Phi) is 7.24. The Morgan fingerprint density at radius 2 is 1.91 bits per heavy atom. The Morgan fingerprint density at radius 1 is 1.27 bits per heavy atom. The standard InChI is InChI=1S/C14H17NO6S/c1-10(16)21-9-13(17)15-12(14(18)19)7-8-22(20)11-5-3-2-4-6-11/h2-6,12H,7-9H2,1H3,(H,15,17)(H,18,19)/t12-,22+/m1/s1. The summed E-state index contributed by atoms with van der Waals surface area (Å²) in [7, 11) is -1.35. The predicted molar refractivity (Wildman–Crippen MR) is 78.5 cm³/mol. The van der Waals surface area contributed by atoms with Gasteiger partial charge in [-0.2, -0.15) is 0 Å². The van der Waals surface area contributed by atoms with Crippen LogP contribution in [0.2, 0.25) is 0 Å². The van der Waals surface area contributed by atoms with Crippen molar-refractivity contribution in [2.45, 2.75) is 24.3 Å². The lowest BCUT2D eigenvalue weighted by Gasteiger charge is -2.14. The second kappa shape index (κ2) is 8.93. The first-order valence-electron chi connectivity index (χ1n) is 6.49. The zero-order valence-corrected chi connectivity index (χ0v) is 12.8. The molecule has 0 aliphatic heterocycles. The number of aliphatic carboxylic acids is 1. The Balaban J connectivity index is 2.51. The molecule has 0 saturated heterocycles. The monoisotopic (exact) mass is 327 g/mol. The average molecular weight is 327 g/mol. The highest BCUT2D eigenvalue weighted by molar-refractivity contribution is 7.85. The molecule has 2 N–H and O–H groups in total. The van der Waals surface area contributed by atoms with Crippen molar-refractivity contribution in [3.8, 4) is 0 Å². The predicted octanol–water partition coefficient (Wildman–Crippen LogP) is 0.317. The van der Waals surface area contributed by atoms with Crippen molar-refractivity contribution in [3.63, 3.8) is 0 Å². The van der Waals surface area contributed by atoms with Gasteiger partial charge < -0.3 is 15.2 Å². The smallest absolute Gasteiger partial charge is 0.326 e. The van der Waals surface area contributed by atoms with Gasteiger partial charge >= 0.3 is 11.9 Å².